The Labute approximate surface area is 355 Å². The number of amides is 1. The Morgan fingerprint density at radius 3 is 1.16 bits per heavy atom. The normalized spacial score (nSPS) is 12.3. The molecule has 2 atom stereocenters. The molecule has 0 aliphatic carbocycles. The molecule has 0 saturated heterocycles. The standard InChI is InChI=1S/C48H91NO7S/c1-4-7-10-13-16-19-22-25-28-31-34-37-45(50)49-44(48(53)54)42-57-41-43(56-47(52)39-36-33-30-27-24-21-18-15-12-9-6-3)40-55-46(51)38-35-32-29-26-23-20-17-14-11-8-5-2/h43-44H,4-42H2,1-3H3,(H,49,50)(H,53,54)/t43?,44-/m0/s1. The highest BCUT2D eigenvalue weighted by atomic mass is 32.2. The number of carbonyl (C=O) groups excluding carboxylic acids is 3. The number of rotatable bonds is 45. The number of nitrogens with one attached hydrogen (secondary N) is 1. The van der Waals surface area contributed by atoms with Gasteiger partial charge in [-0.05, 0) is 19.3 Å². The lowest BCUT2D eigenvalue weighted by molar-refractivity contribution is -0.157. The fourth-order valence-electron chi connectivity index (χ4n) is 7.19. The molecule has 0 aliphatic heterocycles. The SMILES string of the molecule is CCCCCCCCCCCCCC(=O)N[C@@H](CSCC(COC(=O)CCCCCCCCCCCCC)OC(=O)CCCCCCCCCCCCC)C(=O)O. The third kappa shape index (κ3) is 40.8. The third-order valence-electron chi connectivity index (χ3n) is 10.9. The Bertz CT molecular complexity index is 932. The molecule has 57 heavy (non-hydrogen) atoms. The van der Waals surface area contributed by atoms with Crippen molar-refractivity contribution in [2.75, 3.05) is 18.1 Å². The number of aliphatic carboxylic acids is 1. The molecule has 1 amide bonds. The van der Waals surface area contributed by atoms with E-state index < -0.39 is 18.1 Å². The Kier molecular flexibility index (Phi) is 42.4. The molecule has 0 spiro atoms. The zero-order valence-electron chi connectivity index (χ0n) is 37.5. The van der Waals surface area contributed by atoms with Crippen molar-refractivity contribution in [3.63, 3.8) is 0 Å². The van der Waals surface area contributed by atoms with E-state index in [0.717, 1.165) is 57.8 Å². The quantitative estimate of drug-likeness (QED) is 0.0460. The van der Waals surface area contributed by atoms with E-state index in [4.69, 9.17) is 9.47 Å². The summed E-state index contributed by atoms with van der Waals surface area (Å²) in [4.78, 5) is 50.0. The Morgan fingerprint density at radius 2 is 0.789 bits per heavy atom. The summed E-state index contributed by atoms with van der Waals surface area (Å²) in [7, 11) is 0. The maximum absolute atomic E-state index is 12.8. The second-order valence-electron chi connectivity index (χ2n) is 16.6. The van der Waals surface area contributed by atoms with E-state index in [1.165, 1.54) is 166 Å². The molecule has 1 unspecified atom stereocenters. The maximum Gasteiger partial charge on any atom is 0.327 e. The molecule has 0 rings (SSSR count). The predicted molar refractivity (Wildman–Crippen MR) is 241 cm³/mol. The van der Waals surface area contributed by atoms with Gasteiger partial charge in [0.15, 0.2) is 0 Å². The Balaban J connectivity index is 4.62. The first-order valence-electron chi connectivity index (χ1n) is 24.3. The van der Waals surface area contributed by atoms with Crippen molar-refractivity contribution in [2.45, 2.75) is 264 Å². The van der Waals surface area contributed by atoms with Crippen molar-refractivity contribution in [1.82, 2.24) is 5.32 Å². The summed E-state index contributed by atoms with van der Waals surface area (Å²) in [6.45, 7) is 6.68. The van der Waals surface area contributed by atoms with Gasteiger partial charge in [-0.3, -0.25) is 14.4 Å². The van der Waals surface area contributed by atoms with Gasteiger partial charge >= 0.3 is 17.9 Å². The molecule has 0 aromatic rings. The summed E-state index contributed by atoms with van der Waals surface area (Å²) in [5, 5.41) is 12.5. The minimum atomic E-state index is -1.08. The van der Waals surface area contributed by atoms with E-state index in [2.05, 4.69) is 26.1 Å². The van der Waals surface area contributed by atoms with Crippen LogP contribution in [0, 0.1) is 0 Å². The molecule has 0 bridgehead atoms. The van der Waals surface area contributed by atoms with Gasteiger partial charge in [-0.2, -0.15) is 11.8 Å². The van der Waals surface area contributed by atoms with Gasteiger partial charge in [0.25, 0.3) is 0 Å². The first-order valence-corrected chi connectivity index (χ1v) is 25.4. The van der Waals surface area contributed by atoms with Crippen molar-refractivity contribution < 1.29 is 33.8 Å². The maximum atomic E-state index is 12.8. The highest BCUT2D eigenvalue weighted by Gasteiger charge is 2.23. The summed E-state index contributed by atoms with van der Waals surface area (Å²) in [5.74, 6) is -1.51. The van der Waals surface area contributed by atoms with Crippen LogP contribution in [0.15, 0.2) is 0 Å². The summed E-state index contributed by atoms with van der Waals surface area (Å²) < 4.78 is 11.3. The van der Waals surface area contributed by atoms with Crippen LogP contribution in [0.2, 0.25) is 0 Å². The summed E-state index contributed by atoms with van der Waals surface area (Å²) in [5.41, 5.74) is 0. The van der Waals surface area contributed by atoms with E-state index in [0.29, 0.717) is 19.3 Å². The number of hydrogen-bond acceptors (Lipinski definition) is 7. The van der Waals surface area contributed by atoms with Crippen LogP contribution < -0.4 is 5.32 Å². The lowest BCUT2D eigenvalue weighted by Crippen LogP contribution is -2.42. The lowest BCUT2D eigenvalue weighted by Gasteiger charge is -2.19. The van der Waals surface area contributed by atoms with Crippen LogP contribution in [0.1, 0.15) is 252 Å². The fraction of sp³-hybridized carbons (Fsp3) is 0.917. The highest BCUT2D eigenvalue weighted by molar-refractivity contribution is 7.99. The van der Waals surface area contributed by atoms with Gasteiger partial charge in [-0.1, -0.05) is 213 Å². The number of ether oxygens (including phenoxy) is 2. The Morgan fingerprint density at radius 1 is 0.456 bits per heavy atom. The molecule has 0 saturated carbocycles. The minimum Gasteiger partial charge on any atom is -0.480 e. The topological polar surface area (TPSA) is 119 Å². The molecule has 336 valence electrons. The molecule has 0 aromatic heterocycles. The number of carbonyl (C=O) groups is 4. The smallest absolute Gasteiger partial charge is 0.327 e. The van der Waals surface area contributed by atoms with Crippen LogP contribution in [-0.4, -0.2) is 59.2 Å². The van der Waals surface area contributed by atoms with E-state index in [1.807, 2.05) is 0 Å². The molecule has 0 fully saturated rings. The summed E-state index contributed by atoms with van der Waals surface area (Å²) >= 11 is 1.30. The monoisotopic (exact) mass is 826 g/mol. The van der Waals surface area contributed by atoms with Gasteiger partial charge in [0.2, 0.25) is 5.91 Å². The van der Waals surface area contributed by atoms with Gasteiger partial charge in [0.05, 0.1) is 0 Å². The minimum absolute atomic E-state index is 0.0448. The van der Waals surface area contributed by atoms with Crippen LogP contribution in [0.25, 0.3) is 0 Å². The molecule has 0 aromatic carbocycles. The van der Waals surface area contributed by atoms with Crippen LogP contribution in [0.5, 0.6) is 0 Å². The van der Waals surface area contributed by atoms with E-state index >= 15 is 0 Å². The average Bonchev–Trinajstić information content (AvgIpc) is 3.19. The van der Waals surface area contributed by atoms with E-state index in [-0.39, 0.29) is 36.0 Å². The number of hydrogen-bond donors (Lipinski definition) is 2. The van der Waals surface area contributed by atoms with Crippen molar-refractivity contribution in [3.05, 3.63) is 0 Å². The molecule has 0 heterocycles. The van der Waals surface area contributed by atoms with Crippen molar-refractivity contribution in [2.24, 2.45) is 0 Å². The first kappa shape index (κ1) is 55.2. The second-order valence-corrected chi connectivity index (χ2v) is 17.7. The van der Waals surface area contributed by atoms with Crippen LogP contribution >= 0.6 is 11.8 Å². The van der Waals surface area contributed by atoms with Gasteiger partial charge in [0, 0.05) is 30.8 Å². The fourth-order valence-corrected chi connectivity index (χ4v) is 8.22. The van der Waals surface area contributed by atoms with E-state index in [1.54, 1.807) is 0 Å². The van der Waals surface area contributed by atoms with Crippen LogP contribution in [-0.2, 0) is 28.7 Å². The molecule has 0 radical (unpaired) electrons. The number of carboxylic acids is 1. The number of esters is 2. The molecule has 2 N–H and O–H groups in total. The lowest BCUT2D eigenvalue weighted by atomic mass is 10.1. The van der Waals surface area contributed by atoms with E-state index in [9.17, 15) is 24.3 Å². The Hall–Kier alpha value is -1.77. The molecule has 0 aliphatic rings. The molecular weight excluding hydrogens is 735 g/mol. The van der Waals surface area contributed by atoms with Crippen molar-refractivity contribution in [3.8, 4) is 0 Å². The van der Waals surface area contributed by atoms with Gasteiger partial charge < -0.3 is 19.9 Å². The first-order chi connectivity index (χ1) is 27.8. The van der Waals surface area contributed by atoms with Crippen LogP contribution in [0.3, 0.4) is 0 Å². The van der Waals surface area contributed by atoms with Gasteiger partial charge in [-0.15, -0.1) is 0 Å². The second kappa shape index (κ2) is 43.8. The summed E-state index contributed by atoms with van der Waals surface area (Å²) in [6.07, 6.45) is 39.9. The number of unbranched alkanes of at least 4 members (excludes halogenated alkanes) is 30. The number of thioether (sulfide) groups is 1. The van der Waals surface area contributed by atoms with Gasteiger partial charge in [0.1, 0.15) is 18.8 Å². The predicted octanol–water partition coefficient (Wildman–Crippen LogP) is 13.8. The van der Waals surface area contributed by atoms with Gasteiger partial charge in [-0.25, -0.2) is 4.79 Å². The zero-order valence-corrected chi connectivity index (χ0v) is 38.4. The average molecular weight is 826 g/mol. The molecular formula is C48H91NO7S. The summed E-state index contributed by atoms with van der Waals surface area (Å²) in [6, 6.07) is -1.04. The van der Waals surface area contributed by atoms with Crippen molar-refractivity contribution >= 4 is 35.6 Å². The largest absolute Gasteiger partial charge is 0.480 e. The zero-order chi connectivity index (χ0) is 41.9. The highest BCUT2D eigenvalue weighted by Crippen LogP contribution is 2.17. The van der Waals surface area contributed by atoms with Crippen LogP contribution in [0.4, 0.5) is 0 Å². The third-order valence-corrected chi connectivity index (χ3v) is 12.1. The van der Waals surface area contributed by atoms with Crippen molar-refractivity contribution in [1.29, 1.82) is 0 Å². The number of carboxylic acid groups (broad SMARTS) is 1. The molecule has 9 heteroatoms. The molecule has 8 nitrogen and oxygen atoms in total.